The molecule has 0 aromatic heterocycles. The molecule has 0 saturated carbocycles. The number of carbonyl (C=O) groups is 1. The Kier molecular flexibility index (Phi) is 6.87. The van der Waals surface area contributed by atoms with Crippen LogP contribution in [0.5, 0.6) is 0 Å². The molecular weight excluding hydrogens is 356 g/mol. The van der Waals surface area contributed by atoms with E-state index in [9.17, 15) is 4.79 Å². The lowest BCUT2D eigenvalue weighted by molar-refractivity contribution is 0.144. The van der Waals surface area contributed by atoms with Gasteiger partial charge in [0.2, 0.25) is 0 Å². The maximum Gasteiger partial charge on any atom is 0.321 e. The standard InChI is InChI=1S/C17H27BrN4O/c1-14-5-6-15(13-16(14)18)19-17(23)22-11-9-21(10-12-22)8-4-7-20(2)3/h5-6,13H,4,7-12H2,1-3H3,(H,19,23). The van der Waals surface area contributed by atoms with Gasteiger partial charge in [-0.25, -0.2) is 4.79 Å². The van der Waals surface area contributed by atoms with Crippen LogP contribution in [0.4, 0.5) is 10.5 Å². The maximum atomic E-state index is 12.3. The Morgan fingerprint density at radius 2 is 1.96 bits per heavy atom. The zero-order valence-electron chi connectivity index (χ0n) is 14.3. The van der Waals surface area contributed by atoms with E-state index in [0.29, 0.717) is 0 Å². The van der Waals surface area contributed by atoms with E-state index in [1.54, 1.807) is 0 Å². The van der Waals surface area contributed by atoms with Crippen LogP contribution in [0.3, 0.4) is 0 Å². The molecule has 2 amide bonds. The summed E-state index contributed by atoms with van der Waals surface area (Å²) in [6.45, 7) is 7.76. The number of aryl methyl sites for hydroxylation is 1. The monoisotopic (exact) mass is 382 g/mol. The van der Waals surface area contributed by atoms with Crippen molar-refractivity contribution in [2.24, 2.45) is 0 Å². The van der Waals surface area contributed by atoms with E-state index in [2.05, 4.69) is 45.1 Å². The van der Waals surface area contributed by atoms with E-state index in [1.807, 2.05) is 30.0 Å². The Hall–Kier alpha value is -1.11. The number of nitrogens with one attached hydrogen (secondary N) is 1. The third-order valence-corrected chi connectivity index (χ3v) is 5.02. The van der Waals surface area contributed by atoms with E-state index in [0.717, 1.165) is 55.0 Å². The molecule has 23 heavy (non-hydrogen) atoms. The Morgan fingerprint density at radius 1 is 1.26 bits per heavy atom. The number of piperazine rings is 1. The number of urea groups is 1. The van der Waals surface area contributed by atoms with Crippen LogP contribution in [0.15, 0.2) is 22.7 Å². The van der Waals surface area contributed by atoms with E-state index < -0.39 is 0 Å². The highest BCUT2D eigenvalue weighted by Crippen LogP contribution is 2.21. The average Bonchev–Trinajstić information content (AvgIpc) is 2.51. The summed E-state index contributed by atoms with van der Waals surface area (Å²) in [5.74, 6) is 0. The van der Waals surface area contributed by atoms with Crippen molar-refractivity contribution in [2.45, 2.75) is 13.3 Å². The van der Waals surface area contributed by atoms with Gasteiger partial charge >= 0.3 is 6.03 Å². The molecule has 5 nitrogen and oxygen atoms in total. The second kappa shape index (κ2) is 8.66. The van der Waals surface area contributed by atoms with Crippen LogP contribution >= 0.6 is 15.9 Å². The first-order valence-corrected chi connectivity index (χ1v) is 8.94. The lowest BCUT2D eigenvalue weighted by atomic mass is 10.2. The van der Waals surface area contributed by atoms with Crippen molar-refractivity contribution >= 4 is 27.6 Å². The number of carbonyl (C=O) groups excluding carboxylic acids is 1. The largest absolute Gasteiger partial charge is 0.322 e. The average molecular weight is 383 g/mol. The van der Waals surface area contributed by atoms with E-state index >= 15 is 0 Å². The molecule has 0 aliphatic carbocycles. The summed E-state index contributed by atoms with van der Waals surface area (Å²) in [7, 11) is 4.21. The molecule has 6 heteroatoms. The summed E-state index contributed by atoms with van der Waals surface area (Å²) in [6, 6.07) is 5.89. The van der Waals surface area contributed by atoms with Crippen molar-refractivity contribution in [3.05, 3.63) is 28.2 Å². The number of hydrogen-bond acceptors (Lipinski definition) is 3. The normalized spacial score (nSPS) is 16.0. The van der Waals surface area contributed by atoms with Crippen molar-refractivity contribution in [1.29, 1.82) is 0 Å². The molecule has 1 heterocycles. The fraction of sp³-hybridized carbons (Fsp3) is 0.588. The van der Waals surface area contributed by atoms with Crippen molar-refractivity contribution in [3.63, 3.8) is 0 Å². The van der Waals surface area contributed by atoms with Crippen LogP contribution in [0.25, 0.3) is 0 Å². The van der Waals surface area contributed by atoms with Gasteiger partial charge < -0.3 is 15.1 Å². The van der Waals surface area contributed by atoms with Gasteiger partial charge in [0.05, 0.1) is 0 Å². The van der Waals surface area contributed by atoms with Gasteiger partial charge in [0.1, 0.15) is 0 Å². The molecule has 1 N–H and O–H groups in total. The van der Waals surface area contributed by atoms with Crippen LogP contribution in [-0.2, 0) is 0 Å². The first-order valence-electron chi connectivity index (χ1n) is 8.15. The third kappa shape index (κ3) is 5.79. The number of nitrogens with zero attached hydrogens (tertiary/aromatic N) is 3. The maximum absolute atomic E-state index is 12.3. The number of anilines is 1. The number of benzene rings is 1. The molecule has 0 unspecified atom stereocenters. The second-order valence-corrected chi connectivity index (χ2v) is 7.23. The minimum absolute atomic E-state index is 0.00584. The number of rotatable bonds is 5. The third-order valence-electron chi connectivity index (χ3n) is 4.16. The Morgan fingerprint density at radius 3 is 2.57 bits per heavy atom. The molecule has 1 fully saturated rings. The quantitative estimate of drug-likeness (QED) is 0.850. The first kappa shape index (κ1) is 18.2. The van der Waals surface area contributed by atoms with Crippen molar-refractivity contribution < 1.29 is 4.79 Å². The van der Waals surface area contributed by atoms with Crippen molar-refractivity contribution in [2.75, 3.05) is 58.7 Å². The topological polar surface area (TPSA) is 38.8 Å². The van der Waals surface area contributed by atoms with Crippen LogP contribution in [-0.4, -0.2) is 74.1 Å². The van der Waals surface area contributed by atoms with E-state index in [-0.39, 0.29) is 6.03 Å². The predicted octanol–water partition coefficient (Wildman–Crippen LogP) is 2.86. The first-order chi connectivity index (χ1) is 11.0. The Labute approximate surface area is 147 Å². The summed E-state index contributed by atoms with van der Waals surface area (Å²) in [4.78, 5) is 18.9. The fourth-order valence-electron chi connectivity index (χ4n) is 2.66. The van der Waals surface area contributed by atoms with Gasteiger partial charge in [-0.1, -0.05) is 22.0 Å². The highest BCUT2D eigenvalue weighted by Gasteiger charge is 2.20. The molecule has 1 aliphatic heterocycles. The van der Waals surface area contributed by atoms with Gasteiger partial charge in [0.25, 0.3) is 0 Å². The number of halogens is 1. The lowest BCUT2D eigenvalue weighted by Gasteiger charge is -2.34. The Bertz CT molecular complexity index is 527. The molecule has 0 atom stereocenters. The summed E-state index contributed by atoms with van der Waals surface area (Å²) in [5, 5.41) is 2.98. The Balaban J connectivity index is 1.76. The minimum Gasteiger partial charge on any atom is -0.322 e. The second-order valence-electron chi connectivity index (χ2n) is 6.38. The van der Waals surface area contributed by atoms with Crippen LogP contribution in [0, 0.1) is 6.92 Å². The highest BCUT2D eigenvalue weighted by molar-refractivity contribution is 9.10. The van der Waals surface area contributed by atoms with Gasteiger partial charge in [-0.2, -0.15) is 0 Å². The molecule has 0 bridgehead atoms. The molecule has 1 aromatic rings. The fourth-order valence-corrected chi connectivity index (χ4v) is 3.04. The smallest absolute Gasteiger partial charge is 0.321 e. The van der Waals surface area contributed by atoms with Gasteiger partial charge in [0, 0.05) is 36.3 Å². The molecule has 2 rings (SSSR count). The summed E-state index contributed by atoms with van der Waals surface area (Å²) in [6.07, 6.45) is 1.18. The van der Waals surface area contributed by atoms with Crippen molar-refractivity contribution in [3.8, 4) is 0 Å². The minimum atomic E-state index is -0.00584. The molecule has 0 radical (unpaired) electrons. The number of amides is 2. The van der Waals surface area contributed by atoms with E-state index in [4.69, 9.17) is 0 Å². The van der Waals surface area contributed by atoms with Gasteiger partial charge in [-0.3, -0.25) is 4.90 Å². The molecule has 0 spiro atoms. The molecule has 1 saturated heterocycles. The molecule has 1 aromatic carbocycles. The SMILES string of the molecule is Cc1ccc(NC(=O)N2CCN(CCCN(C)C)CC2)cc1Br. The predicted molar refractivity (Wildman–Crippen MR) is 99.1 cm³/mol. The number of hydrogen-bond donors (Lipinski definition) is 1. The van der Waals surface area contributed by atoms with Crippen molar-refractivity contribution in [1.82, 2.24) is 14.7 Å². The van der Waals surface area contributed by atoms with Crippen LogP contribution in [0.2, 0.25) is 0 Å². The molecule has 1 aliphatic rings. The summed E-state index contributed by atoms with van der Waals surface area (Å²) < 4.78 is 1.01. The summed E-state index contributed by atoms with van der Waals surface area (Å²) >= 11 is 3.50. The van der Waals surface area contributed by atoms with Crippen LogP contribution in [0.1, 0.15) is 12.0 Å². The zero-order chi connectivity index (χ0) is 16.8. The van der Waals surface area contributed by atoms with Gasteiger partial charge in [-0.05, 0) is 58.2 Å². The zero-order valence-corrected chi connectivity index (χ0v) is 15.9. The summed E-state index contributed by atoms with van der Waals surface area (Å²) in [5.41, 5.74) is 2.00. The highest BCUT2D eigenvalue weighted by atomic mass is 79.9. The molecule has 128 valence electrons. The van der Waals surface area contributed by atoms with Crippen LogP contribution < -0.4 is 5.32 Å². The lowest BCUT2D eigenvalue weighted by Crippen LogP contribution is -2.50. The van der Waals surface area contributed by atoms with E-state index in [1.165, 1.54) is 6.42 Å². The van der Waals surface area contributed by atoms with Gasteiger partial charge in [-0.15, -0.1) is 0 Å². The van der Waals surface area contributed by atoms with Gasteiger partial charge in [0.15, 0.2) is 0 Å². The molecular formula is C17H27BrN4O.